The molecule has 2 aromatic carbocycles. The Balaban J connectivity index is 0.788. The van der Waals surface area contributed by atoms with Crippen molar-refractivity contribution in [1.82, 2.24) is 40.3 Å². The average Bonchev–Trinajstić information content (AvgIpc) is 4.04. The smallest absolute Gasteiger partial charge is 0.262 e. The number of ether oxygens (including phenoxy) is 1. The first-order valence-corrected chi connectivity index (χ1v) is 25.1. The lowest BCUT2D eigenvalue weighted by molar-refractivity contribution is -0.136. The van der Waals surface area contributed by atoms with Crippen LogP contribution in [0.4, 0.5) is 0 Å². The molecule has 0 bridgehead atoms. The standard InChI is InChI=1S/C45H56N8O10S2/c1-65(61,62)52-20-17-32(28-52)40(56)46-35(41(57)49-45-47-36(29-64-45)31-10-5-2-6-11-31)18-26-63-25-8-12-39(55)51-23-21-50(22-24-51)19-7-3-4-9-30-13-14-33-34(27-30)44(60)53(43(33)59)37-15-16-38(54)48-42(37)58/h2,5-6,10-11,13-14,27,32,35-37,45,47H,3,7-8,12,15-26,28-29H2,1H3,(H,46,56)(H,49,57)(H,48,54,58)/t32?,35-,36?,37?,45?/m0/s1. The number of nitrogens with zero attached hydrogens (tertiary/aromatic N) is 4. The van der Waals surface area contributed by atoms with Gasteiger partial charge in [0.15, 0.2) is 0 Å². The van der Waals surface area contributed by atoms with Gasteiger partial charge in [-0.3, -0.25) is 54.0 Å². The summed E-state index contributed by atoms with van der Waals surface area (Å²) in [5, 5.41) is 11.5. The molecule has 0 spiro atoms. The van der Waals surface area contributed by atoms with E-state index in [0.717, 1.165) is 48.5 Å². The van der Waals surface area contributed by atoms with Crippen LogP contribution < -0.4 is 21.3 Å². The summed E-state index contributed by atoms with van der Waals surface area (Å²) >= 11 is 1.56. The molecule has 2 aromatic rings. The number of hydrogen-bond donors (Lipinski definition) is 4. The van der Waals surface area contributed by atoms with Crippen molar-refractivity contribution in [3.8, 4) is 11.8 Å². The van der Waals surface area contributed by atoms with E-state index in [0.29, 0.717) is 50.9 Å². The third kappa shape index (κ3) is 12.4. The Kier molecular flexibility index (Phi) is 16.1. The third-order valence-electron chi connectivity index (χ3n) is 12.3. The second-order valence-corrected chi connectivity index (χ2v) is 20.0. The molecule has 5 aliphatic rings. The lowest BCUT2D eigenvalue weighted by Crippen LogP contribution is -2.54. The van der Waals surface area contributed by atoms with Crippen molar-refractivity contribution in [3.63, 3.8) is 0 Å². The Bertz CT molecular complexity index is 2310. The molecule has 4 fully saturated rings. The van der Waals surface area contributed by atoms with Crippen molar-refractivity contribution in [2.45, 2.75) is 75.0 Å². The molecule has 5 aliphatic heterocycles. The van der Waals surface area contributed by atoms with Crippen LogP contribution in [0.15, 0.2) is 48.5 Å². The van der Waals surface area contributed by atoms with Gasteiger partial charge in [-0.15, -0.1) is 11.8 Å². The maximum absolute atomic E-state index is 13.5. The number of nitrogens with one attached hydrogen (secondary N) is 4. The lowest BCUT2D eigenvalue weighted by atomic mass is 10.0. The number of sulfonamides is 1. The molecular formula is C45H56N8O10S2. The lowest BCUT2D eigenvalue weighted by Gasteiger charge is -2.34. The molecule has 348 valence electrons. The van der Waals surface area contributed by atoms with Crippen LogP contribution in [0.2, 0.25) is 0 Å². The molecule has 0 saturated carbocycles. The predicted molar refractivity (Wildman–Crippen MR) is 240 cm³/mol. The molecule has 7 amide bonds. The molecule has 7 rings (SSSR count). The number of benzene rings is 2. The summed E-state index contributed by atoms with van der Waals surface area (Å²) in [5.74, 6) is 3.52. The monoisotopic (exact) mass is 932 g/mol. The topological polar surface area (TPSA) is 224 Å². The minimum Gasteiger partial charge on any atom is -0.381 e. The highest BCUT2D eigenvalue weighted by Crippen LogP contribution is 2.29. The summed E-state index contributed by atoms with van der Waals surface area (Å²) in [7, 11) is -3.43. The van der Waals surface area contributed by atoms with Gasteiger partial charge in [-0.2, -0.15) is 0 Å². The van der Waals surface area contributed by atoms with Gasteiger partial charge in [-0.1, -0.05) is 42.2 Å². The zero-order valence-corrected chi connectivity index (χ0v) is 38.1. The number of amides is 7. The fourth-order valence-corrected chi connectivity index (χ4v) is 10.6. The zero-order chi connectivity index (χ0) is 46.1. The summed E-state index contributed by atoms with van der Waals surface area (Å²) in [6, 6.07) is 12.9. The van der Waals surface area contributed by atoms with Gasteiger partial charge in [0.05, 0.1) is 23.3 Å². The average molecular weight is 933 g/mol. The van der Waals surface area contributed by atoms with E-state index < -0.39 is 51.7 Å². The number of piperazine rings is 1. The van der Waals surface area contributed by atoms with Gasteiger partial charge in [-0.25, -0.2) is 12.7 Å². The first-order chi connectivity index (χ1) is 31.2. The van der Waals surface area contributed by atoms with Crippen molar-refractivity contribution < 1.29 is 46.7 Å². The van der Waals surface area contributed by atoms with Crippen molar-refractivity contribution in [2.24, 2.45) is 5.92 Å². The first kappa shape index (κ1) is 47.8. The van der Waals surface area contributed by atoms with Crippen LogP contribution >= 0.6 is 11.8 Å². The summed E-state index contributed by atoms with van der Waals surface area (Å²) in [6.45, 7) is 4.32. The maximum atomic E-state index is 13.5. The van der Waals surface area contributed by atoms with E-state index in [9.17, 15) is 42.0 Å². The Morgan fingerprint density at radius 1 is 0.938 bits per heavy atom. The second kappa shape index (κ2) is 21.9. The van der Waals surface area contributed by atoms with Gasteiger partial charge < -0.3 is 20.3 Å². The number of piperidine rings is 1. The maximum Gasteiger partial charge on any atom is 0.262 e. The third-order valence-corrected chi connectivity index (χ3v) is 14.7. The Morgan fingerprint density at radius 3 is 2.45 bits per heavy atom. The van der Waals surface area contributed by atoms with Crippen molar-refractivity contribution in [3.05, 3.63) is 70.8 Å². The molecule has 18 nitrogen and oxygen atoms in total. The van der Waals surface area contributed by atoms with Gasteiger partial charge in [0.1, 0.15) is 17.6 Å². The number of carbonyl (C=O) groups excluding carboxylic acids is 7. The van der Waals surface area contributed by atoms with Crippen molar-refractivity contribution >= 4 is 63.1 Å². The number of imide groups is 2. The van der Waals surface area contributed by atoms with Gasteiger partial charge >= 0.3 is 0 Å². The molecule has 0 radical (unpaired) electrons. The van der Waals surface area contributed by atoms with E-state index in [2.05, 4.69) is 38.0 Å². The SMILES string of the molecule is CS(=O)(=O)N1CCC(C(=O)N[C@@H](CCOCCCC(=O)N2CCN(CCCC#Cc3ccc4c(c3)C(=O)N(C3CCC(=O)NC3=O)C4=O)CC2)C(=O)NC2NC(c3ccccc3)CS2)C1. The van der Waals surface area contributed by atoms with Crippen molar-refractivity contribution in [2.75, 3.05) is 71.0 Å². The van der Waals surface area contributed by atoms with Gasteiger partial charge in [0.2, 0.25) is 39.6 Å². The van der Waals surface area contributed by atoms with E-state index in [-0.39, 0.29) is 79.3 Å². The quantitative estimate of drug-likeness (QED) is 0.0981. The summed E-state index contributed by atoms with van der Waals surface area (Å²) in [5.41, 5.74) is 1.75. The number of rotatable bonds is 17. The van der Waals surface area contributed by atoms with Crippen LogP contribution in [0.5, 0.6) is 0 Å². The molecule has 4 saturated heterocycles. The first-order valence-electron chi connectivity index (χ1n) is 22.2. The highest BCUT2D eigenvalue weighted by atomic mass is 32.2. The fraction of sp³-hybridized carbons (Fsp3) is 0.533. The summed E-state index contributed by atoms with van der Waals surface area (Å²) in [6.07, 6.45) is 4.08. The highest BCUT2D eigenvalue weighted by Gasteiger charge is 2.44. The van der Waals surface area contributed by atoms with E-state index in [4.69, 9.17) is 4.74 Å². The Labute approximate surface area is 383 Å². The van der Waals surface area contributed by atoms with Gasteiger partial charge in [0, 0.05) is 89.1 Å². The second-order valence-electron chi connectivity index (χ2n) is 16.9. The molecule has 0 aromatic heterocycles. The summed E-state index contributed by atoms with van der Waals surface area (Å²) in [4.78, 5) is 94.9. The van der Waals surface area contributed by atoms with Gasteiger partial charge in [-0.05, 0) is 62.4 Å². The van der Waals surface area contributed by atoms with Crippen LogP contribution in [-0.4, -0.2) is 157 Å². The number of carbonyl (C=O) groups is 7. The van der Waals surface area contributed by atoms with E-state index >= 15 is 0 Å². The molecule has 5 atom stereocenters. The Hall–Kier alpha value is -5.17. The number of thioether (sulfide) groups is 1. The summed E-state index contributed by atoms with van der Waals surface area (Å²) < 4.78 is 31.2. The Morgan fingerprint density at radius 2 is 1.71 bits per heavy atom. The van der Waals surface area contributed by atoms with E-state index in [1.165, 1.54) is 4.31 Å². The van der Waals surface area contributed by atoms with Crippen LogP contribution in [0.3, 0.4) is 0 Å². The van der Waals surface area contributed by atoms with E-state index in [1.807, 2.05) is 35.2 Å². The normalized spacial score (nSPS) is 23.2. The van der Waals surface area contributed by atoms with Gasteiger partial charge in [0.25, 0.3) is 11.8 Å². The number of unbranched alkanes of at least 4 members (excludes halogenated alkanes) is 1. The highest BCUT2D eigenvalue weighted by molar-refractivity contribution is 8.00. The van der Waals surface area contributed by atoms with Crippen LogP contribution in [0, 0.1) is 17.8 Å². The van der Waals surface area contributed by atoms with Crippen molar-refractivity contribution in [1.29, 1.82) is 0 Å². The number of hydrogen-bond acceptors (Lipinski definition) is 13. The minimum absolute atomic E-state index is 0.0495. The zero-order valence-electron chi connectivity index (χ0n) is 36.4. The molecule has 5 heterocycles. The molecule has 4 unspecified atom stereocenters. The number of fused-ring (bicyclic) bond motifs is 1. The fourth-order valence-electron chi connectivity index (χ4n) is 8.58. The molecule has 0 aliphatic carbocycles. The largest absolute Gasteiger partial charge is 0.381 e. The van der Waals surface area contributed by atoms with Crippen LogP contribution in [0.1, 0.15) is 89.3 Å². The molecule has 65 heavy (non-hydrogen) atoms. The molecule has 4 N–H and O–H groups in total. The van der Waals surface area contributed by atoms with Crippen LogP contribution in [-0.2, 0) is 38.7 Å². The molecular weight excluding hydrogens is 877 g/mol. The van der Waals surface area contributed by atoms with Crippen LogP contribution in [0.25, 0.3) is 0 Å². The molecule has 20 heteroatoms. The minimum atomic E-state index is -3.43. The van der Waals surface area contributed by atoms with E-state index in [1.54, 1.807) is 30.0 Å². The predicted octanol–water partition coefficient (Wildman–Crippen LogP) is 0.794.